The molecule has 0 N–H and O–H groups in total. The van der Waals surface area contributed by atoms with Crippen molar-refractivity contribution in [2.75, 3.05) is 7.11 Å². The lowest BCUT2D eigenvalue weighted by atomic mass is 10.2. The molecular weight excluding hydrogens is 230 g/mol. The number of esters is 1. The summed E-state index contributed by atoms with van der Waals surface area (Å²) in [5, 5.41) is 8.74. The smallest absolute Gasteiger partial charge is 0.336 e. The molecule has 0 radical (unpaired) electrons. The molecule has 0 atom stereocenters. The zero-order chi connectivity index (χ0) is 13.4. The van der Waals surface area contributed by atoms with Crippen molar-refractivity contribution in [3.8, 4) is 17.6 Å². The van der Waals surface area contributed by atoms with Gasteiger partial charge in [-0.1, -0.05) is 18.2 Å². The van der Waals surface area contributed by atoms with Crippen LogP contribution in [0.5, 0.6) is 11.5 Å². The van der Waals surface area contributed by atoms with E-state index in [1.165, 1.54) is 25.3 Å². The molecule has 1 aromatic rings. The molecule has 4 heteroatoms. The van der Waals surface area contributed by atoms with E-state index in [1.54, 1.807) is 24.3 Å². The first-order valence-electron chi connectivity index (χ1n) is 5.30. The number of rotatable bonds is 4. The summed E-state index contributed by atoms with van der Waals surface area (Å²) in [6.07, 6.45) is 6.40. The number of carbonyl (C=O) groups is 1. The SMILES string of the molecule is C/C=C/C=C/C(=O)Oc1ccc(C#N)cc1OC. The lowest BCUT2D eigenvalue weighted by molar-refractivity contribution is -0.129. The molecule has 4 nitrogen and oxygen atoms in total. The number of hydrogen-bond donors (Lipinski definition) is 0. The van der Waals surface area contributed by atoms with Crippen LogP contribution in [0.3, 0.4) is 0 Å². The third-order valence-corrected chi connectivity index (χ3v) is 2.04. The van der Waals surface area contributed by atoms with E-state index >= 15 is 0 Å². The van der Waals surface area contributed by atoms with Gasteiger partial charge in [-0.3, -0.25) is 0 Å². The van der Waals surface area contributed by atoms with Crippen LogP contribution in [0.1, 0.15) is 12.5 Å². The van der Waals surface area contributed by atoms with Gasteiger partial charge in [-0.2, -0.15) is 5.26 Å². The number of methoxy groups -OCH3 is 1. The van der Waals surface area contributed by atoms with Crippen molar-refractivity contribution in [2.24, 2.45) is 0 Å². The van der Waals surface area contributed by atoms with Crippen molar-refractivity contribution in [3.05, 3.63) is 48.1 Å². The fraction of sp³-hybridized carbons (Fsp3) is 0.143. The van der Waals surface area contributed by atoms with Gasteiger partial charge in [0, 0.05) is 12.1 Å². The Hall–Kier alpha value is -2.54. The Morgan fingerprint density at radius 2 is 2.11 bits per heavy atom. The third kappa shape index (κ3) is 3.80. The molecule has 0 saturated heterocycles. The maximum Gasteiger partial charge on any atom is 0.336 e. The summed E-state index contributed by atoms with van der Waals surface area (Å²) >= 11 is 0. The molecular formula is C14H13NO3. The monoisotopic (exact) mass is 243 g/mol. The van der Waals surface area contributed by atoms with E-state index in [1.807, 2.05) is 13.0 Å². The van der Waals surface area contributed by atoms with Gasteiger partial charge in [0.25, 0.3) is 0 Å². The number of carbonyl (C=O) groups excluding carboxylic acids is 1. The predicted molar refractivity (Wildman–Crippen MR) is 67.3 cm³/mol. The lowest BCUT2D eigenvalue weighted by Gasteiger charge is -2.07. The minimum absolute atomic E-state index is 0.284. The number of nitriles is 1. The van der Waals surface area contributed by atoms with E-state index in [-0.39, 0.29) is 5.75 Å². The molecule has 0 spiro atoms. The second-order valence-corrected chi connectivity index (χ2v) is 3.28. The first kappa shape index (κ1) is 13.5. The van der Waals surface area contributed by atoms with Crippen LogP contribution >= 0.6 is 0 Å². The molecule has 18 heavy (non-hydrogen) atoms. The Bertz CT molecular complexity index is 524. The van der Waals surface area contributed by atoms with Gasteiger partial charge in [-0.05, 0) is 19.1 Å². The van der Waals surface area contributed by atoms with Crippen molar-refractivity contribution in [2.45, 2.75) is 6.92 Å². The van der Waals surface area contributed by atoms with Crippen molar-refractivity contribution in [3.63, 3.8) is 0 Å². The molecule has 0 aromatic heterocycles. The van der Waals surface area contributed by atoms with Crippen LogP contribution in [0.25, 0.3) is 0 Å². The van der Waals surface area contributed by atoms with Crippen molar-refractivity contribution in [1.82, 2.24) is 0 Å². The normalized spacial score (nSPS) is 10.5. The predicted octanol–water partition coefficient (Wildman–Crippen LogP) is 2.60. The Morgan fingerprint density at radius 3 is 2.72 bits per heavy atom. The molecule has 0 aliphatic heterocycles. The first-order chi connectivity index (χ1) is 8.71. The topological polar surface area (TPSA) is 59.3 Å². The van der Waals surface area contributed by atoms with Gasteiger partial charge in [-0.25, -0.2) is 4.79 Å². The average Bonchev–Trinajstić information content (AvgIpc) is 2.39. The summed E-state index contributed by atoms with van der Waals surface area (Å²) in [5.74, 6) is 0.129. The molecule has 0 aliphatic carbocycles. The van der Waals surface area contributed by atoms with E-state index < -0.39 is 5.97 Å². The molecule has 0 bridgehead atoms. The van der Waals surface area contributed by atoms with Gasteiger partial charge in [0.1, 0.15) is 0 Å². The molecule has 1 rings (SSSR count). The zero-order valence-electron chi connectivity index (χ0n) is 10.2. The quantitative estimate of drug-likeness (QED) is 0.353. The highest BCUT2D eigenvalue weighted by atomic mass is 16.6. The maximum atomic E-state index is 11.4. The highest BCUT2D eigenvalue weighted by molar-refractivity contribution is 5.84. The van der Waals surface area contributed by atoms with Gasteiger partial charge in [-0.15, -0.1) is 0 Å². The molecule has 1 aromatic carbocycles. The Labute approximate surface area is 106 Å². The summed E-state index contributed by atoms with van der Waals surface area (Å²) in [5.41, 5.74) is 0.441. The standard InChI is InChI=1S/C14H13NO3/c1-3-4-5-6-14(16)18-12-8-7-11(10-15)9-13(12)17-2/h3-9H,1-2H3/b4-3+,6-5+. The summed E-state index contributed by atoms with van der Waals surface area (Å²) in [6, 6.07) is 6.58. The zero-order valence-corrected chi connectivity index (χ0v) is 10.2. The summed E-state index contributed by atoms with van der Waals surface area (Å²) in [6.45, 7) is 1.85. The second-order valence-electron chi connectivity index (χ2n) is 3.28. The summed E-state index contributed by atoms with van der Waals surface area (Å²) in [4.78, 5) is 11.4. The van der Waals surface area contributed by atoms with E-state index in [9.17, 15) is 4.79 Å². The van der Waals surface area contributed by atoms with Crippen molar-refractivity contribution < 1.29 is 14.3 Å². The molecule has 92 valence electrons. The van der Waals surface area contributed by atoms with E-state index in [2.05, 4.69) is 0 Å². The van der Waals surface area contributed by atoms with Gasteiger partial charge < -0.3 is 9.47 Å². The minimum atomic E-state index is -0.504. The molecule has 0 fully saturated rings. The average molecular weight is 243 g/mol. The molecule has 0 heterocycles. The molecule has 0 aliphatic rings. The van der Waals surface area contributed by atoms with E-state index in [4.69, 9.17) is 14.7 Å². The van der Waals surface area contributed by atoms with Gasteiger partial charge in [0.05, 0.1) is 18.7 Å². The van der Waals surface area contributed by atoms with Gasteiger partial charge >= 0.3 is 5.97 Å². The van der Waals surface area contributed by atoms with E-state index in [0.29, 0.717) is 11.3 Å². The Balaban J connectivity index is 2.85. The number of ether oxygens (including phenoxy) is 2. The van der Waals surface area contributed by atoms with Crippen LogP contribution in [0.15, 0.2) is 42.5 Å². The fourth-order valence-corrected chi connectivity index (χ4v) is 1.21. The number of nitrogens with zero attached hydrogens (tertiary/aromatic N) is 1. The van der Waals surface area contributed by atoms with E-state index in [0.717, 1.165) is 0 Å². The van der Waals surface area contributed by atoms with Crippen LogP contribution in [-0.2, 0) is 4.79 Å². The van der Waals surface area contributed by atoms with Crippen LogP contribution in [0.4, 0.5) is 0 Å². The lowest BCUT2D eigenvalue weighted by Crippen LogP contribution is -2.05. The highest BCUT2D eigenvalue weighted by Gasteiger charge is 2.08. The highest BCUT2D eigenvalue weighted by Crippen LogP contribution is 2.27. The van der Waals surface area contributed by atoms with Crippen LogP contribution in [-0.4, -0.2) is 13.1 Å². The van der Waals surface area contributed by atoms with Crippen LogP contribution in [0.2, 0.25) is 0 Å². The number of benzene rings is 1. The Morgan fingerprint density at radius 1 is 1.33 bits per heavy atom. The van der Waals surface area contributed by atoms with Crippen molar-refractivity contribution in [1.29, 1.82) is 5.26 Å². The van der Waals surface area contributed by atoms with Gasteiger partial charge in [0.2, 0.25) is 0 Å². The van der Waals surface area contributed by atoms with Crippen molar-refractivity contribution >= 4 is 5.97 Å². The largest absolute Gasteiger partial charge is 0.493 e. The maximum absolute atomic E-state index is 11.4. The van der Waals surface area contributed by atoms with Gasteiger partial charge in [0.15, 0.2) is 11.5 Å². The molecule has 0 unspecified atom stereocenters. The first-order valence-corrected chi connectivity index (χ1v) is 5.30. The summed E-state index contributed by atoms with van der Waals surface area (Å²) < 4.78 is 10.1. The van der Waals surface area contributed by atoms with Crippen LogP contribution in [0, 0.1) is 11.3 Å². The summed E-state index contributed by atoms with van der Waals surface area (Å²) in [7, 11) is 1.45. The second kappa shape index (κ2) is 6.92. The Kier molecular flexibility index (Phi) is 5.20. The molecule has 0 saturated carbocycles. The minimum Gasteiger partial charge on any atom is -0.493 e. The number of allylic oxidation sites excluding steroid dienone is 3. The van der Waals surface area contributed by atoms with Crippen LogP contribution < -0.4 is 9.47 Å². The molecule has 0 amide bonds. The number of hydrogen-bond acceptors (Lipinski definition) is 4. The fourth-order valence-electron chi connectivity index (χ4n) is 1.21. The third-order valence-electron chi connectivity index (χ3n) is 2.04.